The van der Waals surface area contributed by atoms with Crippen molar-refractivity contribution in [1.82, 2.24) is 0 Å². The average Bonchev–Trinajstić information content (AvgIpc) is 2.26. The van der Waals surface area contributed by atoms with Gasteiger partial charge >= 0.3 is 14.5 Å². The fraction of sp³-hybridized carbons (Fsp3) is 0.600. The van der Waals surface area contributed by atoms with E-state index in [2.05, 4.69) is 58.0 Å². The SMILES string of the molecule is CC(C)[CH2][Al]([CH2]C(C)C)[O]Cc1ccccc1. The van der Waals surface area contributed by atoms with E-state index in [-0.39, 0.29) is 0 Å². The molecule has 1 aromatic carbocycles. The van der Waals surface area contributed by atoms with E-state index in [1.54, 1.807) is 0 Å². The van der Waals surface area contributed by atoms with Crippen LogP contribution >= 0.6 is 0 Å². The van der Waals surface area contributed by atoms with Gasteiger partial charge in [-0.3, -0.25) is 0 Å². The van der Waals surface area contributed by atoms with Gasteiger partial charge in [-0.15, -0.1) is 0 Å². The van der Waals surface area contributed by atoms with Gasteiger partial charge in [-0.05, 0) is 5.56 Å². The molecule has 0 atom stereocenters. The lowest BCUT2D eigenvalue weighted by Gasteiger charge is -2.17. The molecule has 0 aliphatic carbocycles. The standard InChI is InChI=1S/C7H7O.2C4H9.Al/c8-6-7-4-2-1-3-5-7;2*1-4(2)3;/h1-5H,6H2;2*4H,1H2,2-3H3;/q-1;;;+1. The Kier molecular flexibility index (Phi) is 6.89. The Bertz CT molecular complexity index is 285. The van der Waals surface area contributed by atoms with Crippen molar-refractivity contribution in [3.05, 3.63) is 35.9 Å². The summed E-state index contributed by atoms with van der Waals surface area (Å²) in [5, 5.41) is 2.59. The minimum atomic E-state index is -1.02. The second-order valence-corrected chi connectivity index (χ2v) is 8.20. The number of rotatable bonds is 7. The molecule has 94 valence electrons. The van der Waals surface area contributed by atoms with Gasteiger partial charge < -0.3 is 3.79 Å². The first kappa shape index (κ1) is 14.8. The van der Waals surface area contributed by atoms with E-state index in [1.165, 1.54) is 16.1 Å². The van der Waals surface area contributed by atoms with Crippen LogP contribution in [0.15, 0.2) is 30.3 Å². The van der Waals surface area contributed by atoms with Crippen LogP contribution in [0.25, 0.3) is 0 Å². The summed E-state index contributed by atoms with van der Waals surface area (Å²) < 4.78 is 6.19. The van der Waals surface area contributed by atoms with E-state index in [4.69, 9.17) is 3.79 Å². The molecule has 0 aromatic heterocycles. The van der Waals surface area contributed by atoms with Gasteiger partial charge in [-0.25, -0.2) is 0 Å². The molecule has 1 aromatic rings. The summed E-state index contributed by atoms with van der Waals surface area (Å²) in [7, 11) is 0. The third-order valence-corrected chi connectivity index (χ3v) is 6.37. The van der Waals surface area contributed by atoms with E-state index < -0.39 is 14.5 Å². The Morgan fingerprint density at radius 3 is 1.94 bits per heavy atom. The summed E-state index contributed by atoms with van der Waals surface area (Å²) >= 11 is -1.02. The molecule has 2 heteroatoms. The highest BCUT2D eigenvalue weighted by Crippen LogP contribution is 2.17. The third kappa shape index (κ3) is 6.89. The van der Waals surface area contributed by atoms with E-state index in [1.807, 2.05) is 0 Å². The van der Waals surface area contributed by atoms with Crippen LogP contribution in [0.5, 0.6) is 0 Å². The lowest BCUT2D eigenvalue weighted by Crippen LogP contribution is -2.22. The Labute approximate surface area is 111 Å². The normalized spacial score (nSPS) is 11.2. The predicted molar refractivity (Wildman–Crippen MR) is 76.3 cm³/mol. The van der Waals surface area contributed by atoms with E-state index in [9.17, 15) is 0 Å². The topological polar surface area (TPSA) is 9.23 Å². The van der Waals surface area contributed by atoms with Crippen LogP contribution in [0.4, 0.5) is 0 Å². The second kappa shape index (κ2) is 7.93. The minimum absolute atomic E-state index is 0.765. The van der Waals surface area contributed by atoms with Crippen LogP contribution in [0.2, 0.25) is 10.6 Å². The van der Waals surface area contributed by atoms with E-state index in [0.717, 1.165) is 18.4 Å². The fourth-order valence-electron chi connectivity index (χ4n) is 2.07. The lowest BCUT2D eigenvalue weighted by molar-refractivity contribution is 0.299. The Balaban J connectivity index is 2.43. The van der Waals surface area contributed by atoms with Crippen molar-refractivity contribution in [3.8, 4) is 0 Å². The van der Waals surface area contributed by atoms with Gasteiger partial charge in [0.15, 0.2) is 0 Å². The van der Waals surface area contributed by atoms with Crippen LogP contribution in [-0.2, 0) is 10.4 Å². The molecule has 0 amide bonds. The largest absolute Gasteiger partial charge is 0.497 e. The van der Waals surface area contributed by atoms with Crippen LogP contribution < -0.4 is 0 Å². The Hall–Kier alpha value is -0.288. The Morgan fingerprint density at radius 1 is 0.941 bits per heavy atom. The second-order valence-electron chi connectivity index (χ2n) is 5.68. The summed E-state index contributed by atoms with van der Waals surface area (Å²) in [6, 6.07) is 10.5. The van der Waals surface area contributed by atoms with E-state index >= 15 is 0 Å². The summed E-state index contributed by atoms with van der Waals surface area (Å²) in [6.45, 7) is 9.99. The highest BCUT2D eigenvalue weighted by molar-refractivity contribution is 6.51. The monoisotopic (exact) mass is 248 g/mol. The van der Waals surface area contributed by atoms with Gasteiger partial charge in [0, 0.05) is 6.61 Å². The van der Waals surface area contributed by atoms with Gasteiger partial charge in [0.05, 0.1) is 0 Å². The first-order valence-electron chi connectivity index (χ1n) is 6.73. The highest BCUT2D eigenvalue weighted by Gasteiger charge is 2.23. The molecular formula is C15H25AlO. The Morgan fingerprint density at radius 2 is 1.47 bits per heavy atom. The van der Waals surface area contributed by atoms with Crippen molar-refractivity contribution in [1.29, 1.82) is 0 Å². The number of hydrogen-bond acceptors (Lipinski definition) is 1. The smallest absolute Gasteiger partial charge is 0.461 e. The van der Waals surface area contributed by atoms with Gasteiger partial charge in [-0.1, -0.05) is 80.4 Å². The van der Waals surface area contributed by atoms with Gasteiger partial charge in [0.1, 0.15) is 0 Å². The molecule has 0 heterocycles. The molecule has 0 aliphatic rings. The quantitative estimate of drug-likeness (QED) is 0.645. The molecule has 0 fully saturated rings. The maximum absolute atomic E-state index is 6.19. The van der Waals surface area contributed by atoms with Crippen molar-refractivity contribution in [3.63, 3.8) is 0 Å². The van der Waals surface area contributed by atoms with Crippen molar-refractivity contribution >= 4 is 14.5 Å². The van der Waals surface area contributed by atoms with Crippen LogP contribution in [0, 0.1) is 11.8 Å². The predicted octanol–water partition coefficient (Wildman–Crippen LogP) is 4.51. The van der Waals surface area contributed by atoms with Crippen molar-refractivity contribution in [2.24, 2.45) is 11.8 Å². The average molecular weight is 248 g/mol. The molecule has 0 aliphatic heterocycles. The first-order valence-corrected chi connectivity index (χ1v) is 8.84. The third-order valence-electron chi connectivity index (χ3n) is 2.80. The summed E-state index contributed by atoms with van der Waals surface area (Å²) in [4.78, 5) is 0. The van der Waals surface area contributed by atoms with Crippen molar-refractivity contribution in [2.75, 3.05) is 0 Å². The summed E-state index contributed by atoms with van der Waals surface area (Å²) in [5.41, 5.74) is 1.30. The van der Waals surface area contributed by atoms with Crippen molar-refractivity contribution in [2.45, 2.75) is 44.9 Å². The molecule has 1 nitrogen and oxygen atoms in total. The molecule has 0 N–H and O–H groups in total. The zero-order chi connectivity index (χ0) is 12.7. The lowest BCUT2D eigenvalue weighted by atomic mass is 10.2. The van der Waals surface area contributed by atoms with Crippen LogP contribution in [-0.4, -0.2) is 14.5 Å². The first-order chi connectivity index (χ1) is 8.08. The van der Waals surface area contributed by atoms with E-state index in [0.29, 0.717) is 0 Å². The molecule has 17 heavy (non-hydrogen) atoms. The molecular weight excluding hydrogens is 223 g/mol. The zero-order valence-electron chi connectivity index (χ0n) is 11.6. The number of benzene rings is 1. The molecule has 0 bridgehead atoms. The van der Waals surface area contributed by atoms with Crippen LogP contribution in [0.3, 0.4) is 0 Å². The maximum atomic E-state index is 6.19. The van der Waals surface area contributed by atoms with Gasteiger partial charge in [0.25, 0.3) is 0 Å². The highest BCUT2D eigenvalue weighted by atomic mass is 27.2. The van der Waals surface area contributed by atoms with Crippen molar-refractivity contribution < 1.29 is 3.79 Å². The van der Waals surface area contributed by atoms with Gasteiger partial charge in [0.2, 0.25) is 0 Å². The minimum Gasteiger partial charge on any atom is -0.497 e. The zero-order valence-corrected chi connectivity index (χ0v) is 12.8. The summed E-state index contributed by atoms with van der Waals surface area (Å²) in [5.74, 6) is 1.53. The fourth-order valence-corrected chi connectivity index (χ4v) is 5.07. The molecule has 0 unspecified atom stereocenters. The molecule has 0 radical (unpaired) electrons. The molecule has 0 spiro atoms. The summed E-state index contributed by atoms with van der Waals surface area (Å²) in [6.07, 6.45) is 0. The molecule has 0 saturated heterocycles. The van der Waals surface area contributed by atoms with Gasteiger partial charge in [-0.2, -0.15) is 0 Å². The molecule has 1 rings (SSSR count). The number of hydrogen-bond donors (Lipinski definition) is 0. The molecule has 0 saturated carbocycles. The maximum Gasteiger partial charge on any atom is 0.461 e. The van der Waals surface area contributed by atoms with Crippen LogP contribution in [0.1, 0.15) is 33.3 Å².